The van der Waals surface area contributed by atoms with E-state index in [-0.39, 0.29) is 24.9 Å². The molecule has 2 saturated heterocycles. The minimum atomic E-state index is -0.652. The lowest BCUT2D eigenvalue weighted by Gasteiger charge is -2.41. The van der Waals surface area contributed by atoms with Crippen LogP contribution in [0.4, 0.5) is 0 Å². The first-order chi connectivity index (χ1) is 13.5. The van der Waals surface area contributed by atoms with Crippen molar-refractivity contribution in [3.63, 3.8) is 0 Å². The van der Waals surface area contributed by atoms with Crippen molar-refractivity contribution in [2.45, 2.75) is 100 Å². The van der Waals surface area contributed by atoms with Gasteiger partial charge < -0.3 is 28.8 Å². The maximum Gasteiger partial charge on any atom is 0.333 e. The molecule has 5 rings (SSSR count). The van der Waals surface area contributed by atoms with Gasteiger partial charge in [-0.2, -0.15) is 0 Å². The summed E-state index contributed by atoms with van der Waals surface area (Å²) < 4.78 is 31.6. The third-order valence-corrected chi connectivity index (χ3v) is 7.08. The van der Waals surface area contributed by atoms with Crippen LogP contribution in [0.25, 0.3) is 0 Å². The highest BCUT2D eigenvalue weighted by atomic mass is 16.8. The second kappa shape index (κ2) is 6.77. The third-order valence-electron chi connectivity index (χ3n) is 7.08. The molecule has 0 bridgehead atoms. The van der Waals surface area contributed by atoms with E-state index >= 15 is 0 Å². The van der Waals surface area contributed by atoms with E-state index in [0.29, 0.717) is 5.57 Å². The van der Waals surface area contributed by atoms with Crippen molar-refractivity contribution in [1.82, 2.24) is 0 Å². The fraction of sp³-hybridized carbons (Fsp3) is 0.857. The van der Waals surface area contributed by atoms with Gasteiger partial charge in [-0.15, -0.1) is 0 Å². The molecule has 156 valence electrons. The van der Waals surface area contributed by atoms with Crippen LogP contribution in [0.5, 0.6) is 0 Å². The highest BCUT2D eigenvalue weighted by Crippen LogP contribution is 2.54. The molecule has 5 fully saturated rings. The molecule has 6 unspecified atom stereocenters. The van der Waals surface area contributed by atoms with Gasteiger partial charge in [0, 0.05) is 31.3 Å². The average Bonchev–Trinajstić information content (AvgIpc) is 3.44. The number of esters is 1. The maximum absolute atomic E-state index is 12.3. The molecule has 0 amide bonds. The van der Waals surface area contributed by atoms with Gasteiger partial charge in [-0.3, -0.25) is 0 Å². The molecule has 6 atom stereocenters. The van der Waals surface area contributed by atoms with Crippen LogP contribution in [-0.4, -0.2) is 59.8 Å². The molecule has 3 saturated carbocycles. The molecule has 5 aliphatic rings. The lowest BCUT2D eigenvalue weighted by atomic mass is 9.78. The number of carbonyl (C=O) groups excluding carboxylic acids is 1. The first-order valence-electron chi connectivity index (χ1n) is 10.6. The lowest BCUT2D eigenvalue weighted by Crippen LogP contribution is -2.60. The second-order valence-electron chi connectivity index (χ2n) is 9.06. The summed E-state index contributed by atoms with van der Waals surface area (Å²) in [6.45, 7) is 5.13. The number of ether oxygens (including phenoxy) is 5. The van der Waals surface area contributed by atoms with Crippen LogP contribution in [0.2, 0.25) is 0 Å². The van der Waals surface area contributed by atoms with Crippen LogP contribution in [0.15, 0.2) is 12.2 Å². The topological polar surface area (TPSA) is 83.5 Å². The first-order valence-corrected chi connectivity index (χ1v) is 10.6. The molecule has 7 nitrogen and oxygen atoms in total. The van der Waals surface area contributed by atoms with E-state index in [2.05, 4.69) is 6.58 Å². The highest BCUT2D eigenvalue weighted by Gasteiger charge is 2.67. The van der Waals surface area contributed by atoms with Crippen molar-refractivity contribution in [3.05, 3.63) is 12.2 Å². The molecular formula is C21H30O7. The van der Waals surface area contributed by atoms with E-state index in [1.165, 1.54) is 0 Å². The normalized spacial score (nSPS) is 42.6. The summed E-state index contributed by atoms with van der Waals surface area (Å²) >= 11 is 0. The van der Waals surface area contributed by atoms with Gasteiger partial charge in [0.25, 0.3) is 0 Å². The molecule has 1 N–H and O–H groups in total. The molecule has 0 aromatic rings. The standard InChI is InChI=1S/C21H30O7/c1-12(2)19(23)24-14-13(11-22)15-17(27-20(25-15)7-3-4-8-20)18-16(14)26-21(28-18)9-5-6-10-21/h13-18,22H,1,3-11H2,2H3. The van der Waals surface area contributed by atoms with E-state index in [1.807, 2.05) is 0 Å². The lowest BCUT2D eigenvalue weighted by molar-refractivity contribution is -0.204. The van der Waals surface area contributed by atoms with Crippen molar-refractivity contribution >= 4 is 5.97 Å². The molecule has 3 aliphatic carbocycles. The maximum atomic E-state index is 12.3. The molecule has 0 aromatic heterocycles. The number of hydrogen-bond acceptors (Lipinski definition) is 7. The fourth-order valence-corrected chi connectivity index (χ4v) is 5.72. The Hall–Kier alpha value is -0.990. The zero-order valence-electron chi connectivity index (χ0n) is 16.4. The van der Waals surface area contributed by atoms with Crippen LogP contribution in [0.1, 0.15) is 58.3 Å². The molecule has 2 heterocycles. The minimum Gasteiger partial charge on any atom is -0.456 e. The Bertz CT molecular complexity index is 649. The van der Waals surface area contributed by atoms with Gasteiger partial charge in [-0.25, -0.2) is 4.79 Å². The average molecular weight is 394 g/mol. The number of aliphatic hydroxyl groups is 1. The Morgan fingerprint density at radius 1 is 0.929 bits per heavy atom. The van der Waals surface area contributed by atoms with Crippen LogP contribution in [0, 0.1) is 5.92 Å². The Kier molecular flexibility index (Phi) is 4.60. The quantitative estimate of drug-likeness (QED) is 0.580. The summed E-state index contributed by atoms with van der Waals surface area (Å²) in [4.78, 5) is 12.3. The predicted molar refractivity (Wildman–Crippen MR) is 97.2 cm³/mol. The van der Waals surface area contributed by atoms with Gasteiger partial charge in [-0.1, -0.05) is 6.58 Å². The SMILES string of the molecule is C=C(C)C(=O)OC1C(CO)C2OC3(CCCC3)OC2C2OC3(CCCC3)OC12. The second-order valence-corrected chi connectivity index (χ2v) is 9.06. The molecule has 0 radical (unpaired) electrons. The Labute approximate surface area is 165 Å². The summed E-state index contributed by atoms with van der Waals surface area (Å²) in [6, 6.07) is 0. The van der Waals surface area contributed by atoms with Gasteiger partial charge in [0.1, 0.15) is 24.4 Å². The van der Waals surface area contributed by atoms with Gasteiger partial charge in [0.05, 0.1) is 18.6 Å². The van der Waals surface area contributed by atoms with E-state index in [4.69, 9.17) is 23.7 Å². The number of rotatable bonds is 3. The summed E-state index contributed by atoms with van der Waals surface area (Å²) in [6.07, 6.45) is 5.38. The molecule has 2 spiro atoms. The number of hydrogen-bond donors (Lipinski definition) is 1. The van der Waals surface area contributed by atoms with Crippen LogP contribution < -0.4 is 0 Å². The molecule has 28 heavy (non-hydrogen) atoms. The Morgan fingerprint density at radius 3 is 1.89 bits per heavy atom. The summed E-state index contributed by atoms with van der Waals surface area (Å²) in [5, 5.41) is 10.2. The van der Waals surface area contributed by atoms with E-state index in [1.54, 1.807) is 6.92 Å². The number of fused-ring (bicyclic) bond motifs is 3. The van der Waals surface area contributed by atoms with E-state index < -0.39 is 35.7 Å². The van der Waals surface area contributed by atoms with Crippen LogP contribution in [-0.2, 0) is 28.5 Å². The van der Waals surface area contributed by atoms with Crippen LogP contribution in [0.3, 0.4) is 0 Å². The Morgan fingerprint density at radius 2 is 1.39 bits per heavy atom. The monoisotopic (exact) mass is 394 g/mol. The van der Waals surface area contributed by atoms with Crippen molar-refractivity contribution < 1.29 is 33.6 Å². The largest absolute Gasteiger partial charge is 0.456 e. The van der Waals surface area contributed by atoms with Crippen molar-refractivity contribution in [2.24, 2.45) is 5.92 Å². The Balaban J connectivity index is 1.48. The zero-order valence-corrected chi connectivity index (χ0v) is 16.4. The van der Waals surface area contributed by atoms with Gasteiger partial charge in [0.15, 0.2) is 11.6 Å². The van der Waals surface area contributed by atoms with Crippen molar-refractivity contribution in [1.29, 1.82) is 0 Å². The minimum absolute atomic E-state index is 0.172. The number of aliphatic hydroxyl groups excluding tert-OH is 1. The summed E-state index contributed by atoms with van der Waals surface area (Å²) in [5.41, 5.74) is 0.320. The van der Waals surface area contributed by atoms with Gasteiger partial charge in [-0.05, 0) is 32.6 Å². The molecule has 0 aromatic carbocycles. The van der Waals surface area contributed by atoms with Gasteiger partial charge >= 0.3 is 5.97 Å². The zero-order chi connectivity index (χ0) is 19.5. The van der Waals surface area contributed by atoms with Crippen LogP contribution >= 0.6 is 0 Å². The van der Waals surface area contributed by atoms with Crippen molar-refractivity contribution in [3.8, 4) is 0 Å². The summed E-state index contributed by atoms with van der Waals surface area (Å²) in [5.74, 6) is -2.14. The van der Waals surface area contributed by atoms with Gasteiger partial charge in [0.2, 0.25) is 0 Å². The van der Waals surface area contributed by atoms with E-state index in [9.17, 15) is 9.90 Å². The smallest absolute Gasteiger partial charge is 0.333 e. The predicted octanol–water partition coefficient (Wildman–Crippen LogP) is 2.21. The molecule has 2 aliphatic heterocycles. The molecule has 7 heteroatoms. The molecular weight excluding hydrogens is 364 g/mol. The highest BCUT2D eigenvalue weighted by molar-refractivity contribution is 5.87. The third kappa shape index (κ3) is 2.86. The number of carbonyl (C=O) groups is 1. The first kappa shape index (κ1) is 19.0. The van der Waals surface area contributed by atoms with Crippen molar-refractivity contribution in [2.75, 3.05) is 6.61 Å². The fourth-order valence-electron chi connectivity index (χ4n) is 5.72. The van der Waals surface area contributed by atoms with E-state index in [0.717, 1.165) is 51.4 Å². The summed E-state index contributed by atoms with van der Waals surface area (Å²) in [7, 11) is 0.